The minimum Gasteiger partial charge on any atom is -0.317 e. The lowest BCUT2D eigenvalue weighted by Crippen LogP contribution is -2.12. The molecule has 1 saturated carbocycles. The van der Waals surface area contributed by atoms with E-state index in [1.54, 1.807) is 12.1 Å². The molecule has 0 spiro atoms. The highest BCUT2D eigenvalue weighted by Gasteiger charge is 2.29. The molecule has 0 radical (unpaired) electrons. The average molecular weight is 336 g/mol. The molecule has 0 aromatic carbocycles. The van der Waals surface area contributed by atoms with Crippen molar-refractivity contribution in [2.75, 3.05) is 10.6 Å². The van der Waals surface area contributed by atoms with E-state index >= 15 is 0 Å². The molecule has 22 heavy (non-hydrogen) atoms. The number of anilines is 2. The molecule has 2 aromatic heterocycles. The van der Waals surface area contributed by atoms with E-state index in [1.165, 1.54) is 22.7 Å². The summed E-state index contributed by atoms with van der Waals surface area (Å²) in [5, 5.41) is 15.7. The van der Waals surface area contributed by atoms with Crippen LogP contribution in [0.1, 0.15) is 40.9 Å². The molecule has 6 nitrogen and oxygen atoms in total. The number of rotatable bonds is 6. The number of aryl methyl sites for hydroxylation is 1. The third kappa shape index (κ3) is 3.69. The lowest BCUT2D eigenvalue weighted by molar-refractivity contribution is -0.117. The Morgan fingerprint density at radius 2 is 2.05 bits per heavy atom. The van der Waals surface area contributed by atoms with Crippen molar-refractivity contribution in [1.82, 2.24) is 10.2 Å². The van der Waals surface area contributed by atoms with Crippen molar-refractivity contribution in [3.63, 3.8) is 0 Å². The Bertz CT molecular complexity index is 691. The second kappa shape index (κ2) is 6.53. The van der Waals surface area contributed by atoms with E-state index < -0.39 is 0 Å². The van der Waals surface area contributed by atoms with Crippen LogP contribution in [-0.4, -0.2) is 22.0 Å². The molecular formula is C14H16N4O2S2. The Morgan fingerprint density at radius 1 is 1.23 bits per heavy atom. The summed E-state index contributed by atoms with van der Waals surface area (Å²) in [4.78, 5) is 24.4. The largest absolute Gasteiger partial charge is 0.317 e. The topological polar surface area (TPSA) is 84.0 Å². The zero-order valence-corrected chi connectivity index (χ0v) is 13.7. The fourth-order valence-corrected chi connectivity index (χ4v) is 3.51. The zero-order chi connectivity index (χ0) is 15.5. The predicted molar refractivity (Wildman–Crippen MR) is 87.5 cm³/mol. The van der Waals surface area contributed by atoms with E-state index in [-0.39, 0.29) is 17.7 Å². The smallest absolute Gasteiger partial charge is 0.267 e. The summed E-state index contributed by atoms with van der Waals surface area (Å²) in [6, 6.07) is 3.46. The standard InChI is InChI=1S/C14H16N4O2S2/c1-2-3-11-17-18-14(22-11)16-13(20)9-6-7-10(21-9)15-12(19)8-4-5-8/h6-8H,2-5H2,1H3,(H,15,19)(H,16,18,20). The van der Waals surface area contributed by atoms with Crippen molar-refractivity contribution in [2.45, 2.75) is 32.6 Å². The Balaban J connectivity index is 1.59. The van der Waals surface area contributed by atoms with Gasteiger partial charge in [-0.25, -0.2) is 0 Å². The highest BCUT2D eigenvalue weighted by atomic mass is 32.1. The first kappa shape index (κ1) is 15.1. The van der Waals surface area contributed by atoms with Gasteiger partial charge in [0.2, 0.25) is 11.0 Å². The summed E-state index contributed by atoms with van der Waals surface area (Å²) in [7, 11) is 0. The summed E-state index contributed by atoms with van der Waals surface area (Å²) in [6.45, 7) is 2.07. The molecule has 0 unspecified atom stereocenters. The number of nitrogens with zero attached hydrogens (tertiary/aromatic N) is 2. The Hall–Kier alpha value is -1.80. The first-order valence-corrected chi connectivity index (χ1v) is 8.83. The minimum absolute atomic E-state index is 0.0436. The highest BCUT2D eigenvalue weighted by molar-refractivity contribution is 7.18. The normalized spacial score (nSPS) is 13.9. The molecule has 2 aromatic rings. The second-order valence-corrected chi connectivity index (χ2v) is 7.28. The molecule has 2 N–H and O–H groups in total. The number of amides is 2. The monoisotopic (exact) mass is 336 g/mol. The second-order valence-electron chi connectivity index (χ2n) is 5.13. The number of carbonyl (C=O) groups excluding carboxylic acids is 2. The van der Waals surface area contributed by atoms with Crippen LogP contribution in [0.2, 0.25) is 0 Å². The van der Waals surface area contributed by atoms with Gasteiger partial charge in [-0.3, -0.25) is 14.9 Å². The Morgan fingerprint density at radius 3 is 2.77 bits per heavy atom. The number of hydrogen-bond donors (Lipinski definition) is 2. The number of thiophene rings is 1. The molecular weight excluding hydrogens is 320 g/mol. The first-order valence-electron chi connectivity index (χ1n) is 7.20. The van der Waals surface area contributed by atoms with Crippen LogP contribution in [0.3, 0.4) is 0 Å². The molecule has 0 saturated heterocycles. The zero-order valence-electron chi connectivity index (χ0n) is 12.1. The van der Waals surface area contributed by atoms with Crippen LogP contribution in [0.15, 0.2) is 12.1 Å². The van der Waals surface area contributed by atoms with E-state index in [1.807, 2.05) is 0 Å². The number of aromatic nitrogens is 2. The predicted octanol–water partition coefficient (Wildman–Crippen LogP) is 3.15. The van der Waals surface area contributed by atoms with Crippen LogP contribution in [0, 0.1) is 5.92 Å². The van der Waals surface area contributed by atoms with Gasteiger partial charge in [-0.15, -0.1) is 21.5 Å². The summed E-state index contributed by atoms with van der Waals surface area (Å²) < 4.78 is 0. The molecule has 0 atom stereocenters. The van der Waals surface area contributed by atoms with Crippen molar-refractivity contribution < 1.29 is 9.59 Å². The van der Waals surface area contributed by atoms with Crippen molar-refractivity contribution in [2.24, 2.45) is 5.92 Å². The van der Waals surface area contributed by atoms with Gasteiger partial charge in [-0.05, 0) is 31.4 Å². The third-order valence-corrected chi connectivity index (χ3v) is 5.07. The van der Waals surface area contributed by atoms with E-state index in [4.69, 9.17) is 0 Å². The van der Waals surface area contributed by atoms with E-state index in [0.29, 0.717) is 15.0 Å². The molecule has 2 heterocycles. The van der Waals surface area contributed by atoms with Crippen LogP contribution in [0.25, 0.3) is 0 Å². The molecule has 1 aliphatic carbocycles. The summed E-state index contributed by atoms with van der Waals surface area (Å²) >= 11 is 2.65. The quantitative estimate of drug-likeness (QED) is 0.849. The summed E-state index contributed by atoms with van der Waals surface area (Å²) in [5.41, 5.74) is 0. The number of carbonyl (C=O) groups is 2. The fourth-order valence-electron chi connectivity index (χ4n) is 1.87. The summed E-state index contributed by atoms with van der Waals surface area (Å²) in [6.07, 6.45) is 3.78. The van der Waals surface area contributed by atoms with Crippen LogP contribution >= 0.6 is 22.7 Å². The first-order chi connectivity index (χ1) is 10.7. The maximum atomic E-state index is 12.2. The maximum Gasteiger partial charge on any atom is 0.267 e. The maximum absolute atomic E-state index is 12.2. The number of hydrogen-bond acceptors (Lipinski definition) is 6. The minimum atomic E-state index is -0.226. The third-order valence-electron chi connectivity index (χ3n) is 3.18. The van der Waals surface area contributed by atoms with Crippen molar-refractivity contribution in [3.8, 4) is 0 Å². The molecule has 1 fully saturated rings. The molecule has 0 aliphatic heterocycles. The lowest BCUT2D eigenvalue weighted by Gasteiger charge is -1.99. The molecule has 0 bridgehead atoms. The van der Waals surface area contributed by atoms with Crippen LogP contribution in [-0.2, 0) is 11.2 Å². The Kier molecular flexibility index (Phi) is 4.49. The van der Waals surface area contributed by atoms with Gasteiger partial charge in [0, 0.05) is 12.3 Å². The van der Waals surface area contributed by atoms with Gasteiger partial charge in [0.15, 0.2) is 0 Å². The molecule has 2 amide bonds. The van der Waals surface area contributed by atoms with Gasteiger partial charge >= 0.3 is 0 Å². The van der Waals surface area contributed by atoms with Crippen molar-refractivity contribution in [3.05, 3.63) is 22.0 Å². The SMILES string of the molecule is CCCc1nnc(NC(=O)c2ccc(NC(=O)C3CC3)s2)s1. The van der Waals surface area contributed by atoms with Crippen LogP contribution < -0.4 is 10.6 Å². The van der Waals surface area contributed by atoms with E-state index in [2.05, 4.69) is 27.8 Å². The number of nitrogens with one attached hydrogen (secondary N) is 2. The molecule has 1 aliphatic rings. The Labute approximate surface area is 136 Å². The van der Waals surface area contributed by atoms with Crippen LogP contribution in [0.4, 0.5) is 10.1 Å². The molecule has 8 heteroatoms. The van der Waals surface area contributed by atoms with E-state index in [9.17, 15) is 9.59 Å². The lowest BCUT2D eigenvalue weighted by atomic mass is 10.4. The molecule has 3 rings (SSSR count). The average Bonchev–Trinajstić information content (AvgIpc) is 3.10. The van der Waals surface area contributed by atoms with Gasteiger partial charge in [0.05, 0.1) is 9.88 Å². The highest BCUT2D eigenvalue weighted by Crippen LogP contribution is 2.31. The van der Waals surface area contributed by atoms with Crippen molar-refractivity contribution in [1.29, 1.82) is 0 Å². The van der Waals surface area contributed by atoms with Gasteiger partial charge in [-0.1, -0.05) is 18.3 Å². The fraction of sp³-hybridized carbons (Fsp3) is 0.429. The summed E-state index contributed by atoms with van der Waals surface area (Å²) in [5.74, 6) is -0.0315. The van der Waals surface area contributed by atoms with Crippen molar-refractivity contribution >= 4 is 44.6 Å². The molecule has 116 valence electrons. The van der Waals surface area contributed by atoms with Crippen LogP contribution in [0.5, 0.6) is 0 Å². The van der Waals surface area contributed by atoms with E-state index in [0.717, 1.165) is 30.7 Å². The van der Waals surface area contributed by atoms with Gasteiger partial charge in [-0.2, -0.15) is 0 Å². The van der Waals surface area contributed by atoms with Gasteiger partial charge < -0.3 is 5.32 Å². The van der Waals surface area contributed by atoms with Gasteiger partial charge in [0.1, 0.15) is 5.01 Å². The van der Waals surface area contributed by atoms with Gasteiger partial charge in [0.25, 0.3) is 5.91 Å².